The second kappa shape index (κ2) is 6.23. The van der Waals surface area contributed by atoms with Crippen molar-refractivity contribution < 1.29 is 21.7 Å². The van der Waals surface area contributed by atoms with Gasteiger partial charge in [0.1, 0.15) is 16.5 Å². The van der Waals surface area contributed by atoms with Crippen LogP contribution in [0.25, 0.3) is 10.6 Å². The van der Waals surface area contributed by atoms with Crippen LogP contribution in [0.3, 0.4) is 0 Å². The van der Waals surface area contributed by atoms with Crippen molar-refractivity contribution in [3.05, 3.63) is 52.0 Å². The lowest BCUT2D eigenvalue weighted by Gasteiger charge is -2.08. The molecule has 0 saturated carbocycles. The minimum absolute atomic E-state index is 0.00433. The molecule has 0 aliphatic carbocycles. The molecule has 0 aliphatic rings. The predicted octanol–water partition coefficient (Wildman–Crippen LogP) is 4.41. The summed E-state index contributed by atoms with van der Waals surface area (Å²) in [6, 6.07) is 4.09. The number of nitrogens with one attached hydrogen (secondary N) is 1. The largest absolute Gasteiger partial charge is 0.355 e. The second-order valence-electron chi connectivity index (χ2n) is 5.48. The molecule has 0 unspecified atom stereocenters. The molecule has 0 atom stereocenters. The van der Waals surface area contributed by atoms with Crippen molar-refractivity contribution >= 4 is 27.0 Å². The smallest absolute Gasteiger partial charge is 0.263 e. The van der Waals surface area contributed by atoms with Gasteiger partial charge >= 0.3 is 0 Å². The third kappa shape index (κ3) is 3.29. The zero-order valence-electron chi connectivity index (χ0n) is 13.6. The first-order valence-electron chi connectivity index (χ1n) is 7.20. The van der Waals surface area contributed by atoms with Gasteiger partial charge < -0.3 is 4.52 Å². The minimum atomic E-state index is -4.04. The first-order chi connectivity index (χ1) is 11.7. The second-order valence-corrected chi connectivity index (χ2v) is 8.39. The number of nitrogens with zero attached hydrogens (tertiary/aromatic N) is 1. The van der Waals surface area contributed by atoms with Gasteiger partial charge in [-0.15, -0.1) is 11.3 Å². The van der Waals surface area contributed by atoms with Gasteiger partial charge in [-0.1, -0.05) is 5.16 Å². The van der Waals surface area contributed by atoms with Crippen molar-refractivity contribution in [2.24, 2.45) is 0 Å². The van der Waals surface area contributed by atoms with Crippen molar-refractivity contribution in [2.75, 3.05) is 4.72 Å². The van der Waals surface area contributed by atoms with E-state index < -0.39 is 21.7 Å². The highest BCUT2D eigenvalue weighted by Crippen LogP contribution is 2.36. The van der Waals surface area contributed by atoms with Crippen LogP contribution in [0.2, 0.25) is 0 Å². The highest BCUT2D eigenvalue weighted by molar-refractivity contribution is 7.93. The molecule has 0 aliphatic heterocycles. The Balaban J connectivity index is 1.99. The molecule has 0 fully saturated rings. The lowest BCUT2D eigenvalue weighted by Crippen LogP contribution is -2.14. The number of thiophene rings is 1. The summed E-state index contributed by atoms with van der Waals surface area (Å²) < 4.78 is 59.3. The molecule has 5 nitrogen and oxygen atoms in total. The van der Waals surface area contributed by atoms with Gasteiger partial charge in [0.25, 0.3) is 10.0 Å². The van der Waals surface area contributed by atoms with Crippen LogP contribution in [-0.2, 0) is 10.0 Å². The lowest BCUT2D eigenvalue weighted by atomic mass is 10.2. The van der Waals surface area contributed by atoms with E-state index in [1.54, 1.807) is 13.8 Å². The average Bonchev–Trinajstić information content (AvgIpc) is 3.06. The maximum atomic E-state index is 13.7. The zero-order valence-corrected chi connectivity index (χ0v) is 15.2. The Bertz CT molecular complexity index is 1060. The Kier molecular flexibility index (Phi) is 4.38. The molecule has 3 aromatic rings. The average molecular weight is 384 g/mol. The van der Waals surface area contributed by atoms with Crippen molar-refractivity contribution in [3.8, 4) is 10.6 Å². The van der Waals surface area contributed by atoms with Gasteiger partial charge in [0.2, 0.25) is 0 Å². The number of hydrogen-bond acceptors (Lipinski definition) is 5. The number of rotatable bonds is 4. The van der Waals surface area contributed by atoms with Gasteiger partial charge in [-0.2, -0.15) is 0 Å². The number of benzene rings is 1. The Morgan fingerprint density at radius 1 is 1.16 bits per heavy atom. The molecule has 0 amide bonds. The normalized spacial score (nSPS) is 11.7. The number of sulfonamides is 1. The lowest BCUT2D eigenvalue weighted by molar-refractivity contribution is 0.427. The molecule has 132 valence electrons. The summed E-state index contributed by atoms with van der Waals surface area (Å²) in [5, 5.41) is 3.86. The molecule has 9 heteroatoms. The molecule has 3 rings (SSSR count). The summed E-state index contributed by atoms with van der Waals surface area (Å²) in [5.41, 5.74) is 1.22. The minimum Gasteiger partial charge on any atom is -0.355 e. The van der Waals surface area contributed by atoms with E-state index in [-0.39, 0.29) is 10.6 Å². The summed E-state index contributed by atoms with van der Waals surface area (Å²) in [6.45, 7) is 5.26. The summed E-state index contributed by atoms with van der Waals surface area (Å²) in [7, 11) is -4.04. The molecule has 2 heterocycles. The van der Waals surface area contributed by atoms with Gasteiger partial charge in [-0.3, -0.25) is 4.72 Å². The van der Waals surface area contributed by atoms with Crippen molar-refractivity contribution in [1.29, 1.82) is 0 Å². The molecule has 25 heavy (non-hydrogen) atoms. The van der Waals surface area contributed by atoms with Crippen molar-refractivity contribution in [3.63, 3.8) is 0 Å². The first kappa shape index (κ1) is 17.6. The van der Waals surface area contributed by atoms with Gasteiger partial charge in [-0.05, 0) is 39.0 Å². The van der Waals surface area contributed by atoms with E-state index in [2.05, 4.69) is 9.88 Å². The SMILES string of the molecule is Cc1noc(-c2cc(S(=O)(=O)Nc3ccc(F)cc3F)c(C)s2)c1C. The molecular formula is C16H14F2N2O3S2. The molecule has 0 radical (unpaired) electrons. The molecule has 0 saturated heterocycles. The third-order valence-electron chi connectivity index (χ3n) is 3.72. The van der Waals surface area contributed by atoms with E-state index in [0.29, 0.717) is 21.6 Å². The summed E-state index contributed by atoms with van der Waals surface area (Å²) in [4.78, 5) is 1.12. The Morgan fingerprint density at radius 3 is 2.48 bits per heavy atom. The topological polar surface area (TPSA) is 72.2 Å². The quantitative estimate of drug-likeness (QED) is 0.723. The van der Waals surface area contributed by atoms with E-state index >= 15 is 0 Å². The van der Waals surface area contributed by atoms with Crippen LogP contribution >= 0.6 is 11.3 Å². The van der Waals surface area contributed by atoms with Crippen molar-refractivity contribution in [1.82, 2.24) is 5.16 Å². The van der Waals surface area contributed by atoms with Crippen LogP contribution in [0.1, 0.15) is 16.1 Å². The van der Waals surface area contributed by atoms with Crippen LogP contribution < -0.4 is 4.72 Å². The van der Waals surface area contributed by atoms with E-state index in [4.69, 9.17) is 4.52 Å². The van der Waals surface area contributed by atoms with Gasteiger partial charge in [0, 0.05) is 16.5 Å². The summed E-state index contributed by atoms with van der Waals surface area (Å²) in [5.74, 6) is -1.27. The Hall–Kier alpha value is -2.26. The standard InChI is InChI=1S/C16H14F2N2O3S2/c1-8-9(2)19-23-16(8)14-7-15(10(3)24-14)25(21,22)20-13-5-4-11(17)6-12(13)18/h4-7,20H,1-3H3. The maximum absolute atomic E-state index is 13.7. The predicted molar refractivity (Wildman–Crippen MR) is 91.2 cm³/mol. The van der Waals surface area contributed by atoms with Crippen LogP contribution in [0.4, 0.5) is 14.5 Å². The summed E-state index contributed by atoms with van der Waals surface area (Å²) in [6.07, 6.45) is 0. The fourth-order valence-electron chi connectivity index (χ4n) is 2.26. The van der Waals surface area contributed by atoms with Crippen molar-refractivity contribution in [2.45, 2.75) is 25.7 Å². The first-order valence-corrected chi connectivity index (χ1v) is 9.50. The number of aromatic nitrogens is 1. The fraction of sp³-hybridized carbons (Fsp3) is 0.188. The Morgan fingerprint density at radius 2 is 1.88 bits per heavy atom. The third-order valence-corrected chi connectivity index (χ3v) is 6.39. The van der Waals surface area contributed by atoms with Gasteiger partial charge in [-0.25, -0.2) is 17.2 Å². The van der Waals surface area contributed by atoms with E-state index in [9.17, 15) is 17.2 Å². The van der Waals surface area contributed by atoms with E-state index in [1.807, 2.05) is 6.92 Å². The number of anilines is 1. The molecule has 1 N–H and O–H groups in total. The summed E-state index contributed by atoms with van der Waals surface area (Å²) >= 11 is 1.23. The molecular weight excluding hydrogens is 370 g/mol. The number of halogens is 2. The van der Waals surface area contributed by atoms with E-state index in [1.165, 1.54) is 17.4 Å². The van der Waals surface area contributed by atoms with Crippen LogP contribution in [0.5, 0.6) is 0 Å². The molecule has 2 aromatic heterocycles. The highest BCUT2D eigenvalue weighted by Gasteiger charge is 2.24. The maximum Gasteiger partial charge on any atom is 0.263 e. The highest BCUT2D eigenvalue weighted by atomic mass is 32.2. The van der Waals surface area contributed by atoms with Crippen LogP contribution in [0, 0.1) is 32.4 Å². The number of hydrogen-bond donors (Lipinski definition) is 1. The zero-order chi connectivity index (χ0) is 18.4. The van der Waals surface area contributed by atoms with Crippen LogP contribution in [0.15, 0.2) is 33.7 Å². The molecule has 1 aromatic carbocycles. The Labute approximate surface area is 147 Å². The monoisotopic (exact) mass is 384 g/mol. The number of aryl methyl sites for hydroxylation is 2. The van der Waals surface area contributed by atoms with E-state index in [0.717, 1.165) is 23.4 Å². The fourth-order valence-corrected chi connectivity index (χ4v) is 4.96. The van der Waals surface area contributed by atoms with Crippen LogP contribution in [-0.4, -0.2) is 13.6 Å². The molecule has 0 bridgehead atoms. The van der Waals surface area contributed by atoms with Gasteiger partial charge in [0.15, 0.2) is 5.76 Å². The van der Waals surface area contributed by atoms with Gasteiger partial charge in [0.05, 0.1) is 16.3 Å². The molecule has 0 spiro atoms.